The van der Waals surface area contributed by atoms with E-state index in [4.69, 9.17) is 13.9 Å². The Morgan fingerprint density at radius 2 is 1.89 bits per heavy atom. The van der Waals surface area contributed by atoms with Gasteiger partial charge in [-0.1, -0.05) is 17.7 Å². The molecule has 0 aliphatic carbocycles. The fraction of sp³-hybridized carbons (Fsp3) is 0.250. The van der Waals surface area contributed by atoms with Crippen molar-refractivity contribution in [3.63, 3.8) is 0 Å². The van der Waals surface area contributed by atoms with Crippen LogP contribution in [0.15, 0.2) is 46.9 Å². The van der Waals surface area contributed by atoms with Crippen LogP contribution >= 0.6 is 0 Å². The predicted molar refractivity (Wildman–Crippen MR) is 101 cm³/mol. The third-order valence-electron chi connectivity index (χ3n) is 3.97. The van der Waals surface area contributed by atoms with E-state index < -0.39 is 0 Å². The molecule has 1 N–H and O–H groups in total. The summed E-state index contributed by atoms with van der Waals surface area (Å²) in [5.41, 5.74) is 2.61. The molecule has 1 aromatic heterocycles. The average Bonchev–Trinajstić information content (AvgIpc) is 3.15. The molecule has 27 heavy (non-hydrogen) atoms. The Morgan fingerprint density at radius 1 is 1.07 bits per heavy atom. The highest BCUT2D eigenvalue weighted by Crippen LogP contribution is 2.29. The first-order chi connectivity index (χ1) is 13.1. The number of hydrogen-bond acceptors (Lipinski definition) is 6. The van der Waals surface area contributed by atoms with Crippen LogP contribution in [-0.2, 0) is 11.2 Å². The zero-order valence-electron chi connectivity index (χ0n) is 15.5. The number of aryl methyl sites for hydroxylation is 2. The molecule has 3 aromatic rings. The largest absolute Gasteiger partial charge is 0.493 e. The number of rotatable bonds is 7. The summed E-state index contributed by atoms with van der Waals surface area (Å²) in [6.45, 7) is 2.00. The van der Waals surface area contributed by atoms with Gasteiger partial charge in [-0.2, -0.15) is 0 Å². The van der Waals surface area contributed by atoms with Crippen molar-refractivity contribution in [3.8, 4) is 23.0 Å². The zero-order chi connectivity index (χ0) is 19.2. The van der Waals surface area contributed by atoms with Gasteiger partial charge in [-0.05, 0) is 31.2 Å². The molecule has 3 rings (SSSR count). The number of amides is 1. The van der Waals surface area contributed by atoms with Gasteiger partial charge in [0.1, 0.15) is 0 Å². The van der Waals surface area contributed by atoms with E-state index in [0.717, 1.165) is 11.1 Å². The lowest BCUT2D eigenvalue weighted by molar-refractivity contribution is -0.116. The number of carbonyl (C=O) groups is 1. The Balaban J connectivity index is 1.58. The molecule has 7 heteroatoms. The van der Waals surface area contributed by atoms with Gasteiger partial charge >= 0.3 is 0 Å². The molecule has 140 valence electrons. The van der Waals surface area contributed by atoms with Crippen molar-refractivity contribution in [1.82, 2.24) is 10.2 Å². The first kappa shape index (κ1) is 18.4. The minimum atomic E-state index is -0.155. The normalized spacial score (nSPS) is 10.5. The molecule has 0 unspecified atom stereocenters. The average molecular weight is 367 g/mol. The van der Waals surface area contributed by atoms with Gasteiger partial charge in [0.15, 0.2) is 11.5 Å². The molecule has 0 fully saturated rings. The summed E-state index contributed by atoms with van der Waals surface area (Å²) < 4.78 is 16.1. The van der Waals surface area contributed by atoms with E-state index in [-0.39, 0.29) is 12.3 Å². The third kappa shape index (κ3) is 4.63. The summed E-state index contributed by atoms with van der Waals surface area (Å²) in [6.07, 6.45) is 0.585. The maximum absolute atomic E-state index is 12.2. The molecule has 0 radical (unpaired) electrons. The van der Waals surface area contributed by atoms with Crippen LogP contribution < -0.4 is 14.8 Å². The molecule has 1 amide bonds. The molecule has 7 nitrogen and oxygen atoms in total. The Morgan fingerprint density at radius 3 is 2.63 bits per heavy atom. The summed E-state index contributed by atoms with van der Waals surface area (Å²) in [4.78, 5) is 12.2. The number of benzene rings is 2. The second kappa shape index (κ2) is 8.35. The van der Waals surface area contributed by atoms with Gasteiger partial charge in [-0.25, -0.2) is 0 Å². The number of nitrogens with one attached hydrogen (secondary N) is 1. The van der Waals surface area contributed by atoms with E-state index in [2.05, 4.69) is 15.5 Å². The van der Waals surface area contributed by atoms with E-state index in [1.807, 2.05) is 31.2 Å². The lowest BCUT2D eigenvalue weighted by Crippen LogP contribution is -2.12. The smallest absolute Gasteiger partial charge is 0.247 e. The summed E-state index contributed by atoms with van der Waals surface area (Å²) >= 11 is 0. The highest BCUT2D eigenvalue weighted by atomic mass is 16.5. The summed E-state index contributed by atoms with van der Waals surface area (Å²) in [6, 6.07) is 13.0. The van der Waals surface area contributed by atoms with Crippen molar-refractivity contribution in [1.29, 1.82) is 0 Å². The topological polar surface area (TPSA) is 86.5 Å². The lowest BCUT2D eigenvalue weighted by atomic mass is 10.1. The van der Waals surface area contributed by atoms with Gasteiger partial charge in [-0.15, -0.1) is 10.2 Å². The molecular formula is C20H21N3O4. The van der Waals surface area contributed by atoms with Crippen LogP contribution in [0.5, 0.6) is 11.5 Å². The molecule has 0 aliphatic heterocycles. The van der Waals surface area contributed by atoms with Crippen molar-refractivity contribution in [2.75, 3.05) is 19.5 Å². The van der Waals surface area contributed by atoms with Gasteiger partial charge in [0.25, 0.3) is 0 Å². The monoisotopic (exact) mass is 367 g/mol. The molecule has 0 atom stereocenters. The molecule has 0 saturated heterocycles. The quantitative estimate of drug-likeness (QED) is 0.686. The fourth-order valence-corrected chi connectivity index (χ4v) is 2.61. The van der Waals surface area contributed by atoms with Crippen molar-refractivity contribution in [3.05, 3.63) is 53.9 Å². The van der Waals surface area contributed by atoms with Gasteiger partial charge in [0.2, 0.25) is 17.7 Å². The van der Waals surface area contributed by atoms with Gasteiger partial charge in [-0.3, -0.25) is 4.79 Å². The summed E-state index contributed by atoms with van der Waals surface area (Å²) in [7, 11) is 3.11. The first-order valence-electron chi connectivity index (χ1n) is 8.50. The molecule has 0 saturated carbocycles. The zero-order valence-corrected chi connectivity index (χ0v) is 15.5. The Kier molecular flexibility index (Phi) is 5.71. The maximum atomic E-state index is 12.2. The number of nitrogens with zero attached hydrogens (tertiary/aromatic N) is 2. The SMILES string of the molecule is COc1ccc(NC(=O)CCc2nnc(-c3cccc(C)c3)o2)cc1OC. The summed E-state index contributed by atoms with van der Waals surface area (Å²) in [5, 5.41) is 10.9. The van der Waals surface area contributed by atoms with Gasteiger partial charge in [0.05, 0.1) is 14.2 Å². The number of anilines is 1. The van der Waals surface area contributed by atoms with Crippen LogP contribution in [0.3, 0.4) is 0 Å². The van der Waals surface area contributed by atoms with Crippen LogP contribution in [0.25, 0.3) is 11.5 Å². The standard InChI is InChI=1S/C20H21N3O4/c1-13-5-4-6-14(11-13)20-23-22-19(27-20)10-9-18(24)21-15-7-8-16(25-2)17(12-15)26-3/h4-8,11-12H,9-10H2,1-3H3,(H,21,24). The Hall–Kier alpha value is -3.35. The van der Waals surface area contributed by atoms with Crippen LogP contribution in [0, 0.1) is 6.92 Å². The first-order valence-corrected chi connectivity index (χ1v) is 8.50. The minimum Gasteiger partial charge on any atom is -0.493 e. The van der Waals surface area contributed by atoms with E-state index in [1.54, 1.807) is 32.4 Å². The molecule has 0 aliphatic rings. The number of hydrogen-bond donors (Lipinski definition) is 1. The van der Waals surface area contributed by atoms with Crippen molar-refractivity contribution < 1.29 is 18.7 Å². The second-order valence-corrected chi connectivity index (χ2v) is 5.99. The van der Waals surface area contributed by atoms with Crippen LogP contribution in [0.1, 0.15) is 17.9 Å². The number of ether oxygens (including phenoxy) is 2. The fourth-order valence-electron chi connectivity index (χ4n) is 2.61. The van der Waals surface area contributed by atoms with Crippen LogP contribution in [0.2, 0.25) is 0 Å². The number of carbonyl (C=O) groups excluding carboxylic acids is 1. The maximum Gasteiger partial charge on any atom is 0.247 e. The second-order valence-electron chi connectivity index (χ2n) is 5.99. The van der Waals surface area contributed by atoms with Crippen molar-refractivity contribution >= 4 is 11.6 Å². The number of methoxy groups -OCH3 is 2. The lowest BCUT2D eigenvalue weighted by Gasteiger charge is -2.10. The third-order valence-corrected chi connectivity index (χ3v) is 3.97. The molecular weight excluding hydrogens is 346 g/mol. The van der Waals surface area contributed by atoms with E-state index >= 15 is 0 Å². The Labute approximate surface area is 157 Å². The van der Waals surface area contributed by atoms with Crippen molar-refractivity contribution in [2.45, 2.75) is 19.8 Å². The van der Waals surface area contributed by atoms with Gasteiger partial charge in [0, 0.05) is 30.2 Å². The molecule has 0 bridgehead atoms. The molecule has 2 aromatic carbocycles. The van der Waals surface area contributed by atoms with E-state index in [0.29, 0.717) is 35.4 Å². The van der Waals surface area contributed by atoms with Crippen LogP contribution in [0.4, 0.5) is 5.69 Å². The summed E-state index contributed by atoms with van der Waals surface area (Å²) in [5.74, 6) is 1.88. The van der Waals surface area contributed by atoms with E-state index in [1.165, 1.54) is 0 Å². The van der Waals surface area contributed by atoms with E-state index in [9.17, 15) is 4.79 Å². The highest BCUT2D eigenvalue weighted by Gasteiger charge is 2.12. The number of aromatic nitrogens is 2. The van der Waals surface area contributed by atoms with Gasteiger partial charge < -0.3 is 19.2 Å². The molecule has 0 spiro atoms. The van der Waals surface area contributed by atoms with Crippen molar-refractivity contribution in [2.24, 2.45) is 0 Å². The predicted octanol–water partition coefficient (Wildman–Crippen LogP) is 3.63. The Bertz CT molecular complexity index is 936. The molecule has 1 heterocycles. The van der Waals surface area contributed by atoms with Crippen LogP contribution in [-0.4, -0.2) is 30.3 Å². The minimum absolute atomic E-state index is 0.155. The highest BCUT2D eigenvalue weighted by molar-refractivity contribution is 5.91.